The number of rotatable bonds is 5. The van der Waals surface area contributed by atoms with Crippen LogP contribution in [0.25, 0.3) is 82.5 Å². The Balaban J connectivity index is 1.06. The second-order valence-corrected chi connectivity index (χ2v) is 14.5. The van der Waals surface area contributed by atoms with E-state index >= 15 is 0 Å². The van der Waals surface area contributed by atoms with Crippen molar-refractivity contribution in [1.82, 2.24) is 9.88 Å². The molecule has 0 fully saturated rings. The molecule has 57 heavy (non-hydrogen) atoms. The number of aromatic nitrogens is 1. The van der Waals surface area contributed by atoms with Gasteiger partial charge in [0.2, 0.25) is 0 Å². The van der Waals surface area contributed by atoms with E-state index in [2.05, 4.69) is 137 Å². The summed E-state index contributed by atoms with van der Waals surface area (Å²) in [6.07, 6.45) is -0.436. The van der Waals surface area contributed by atoms with E-state index in [-0.39, 0.29) is 0 Å². The number of nitrogens with zero attached hydrogens (tertiary/aromatic N) is 3. The lowest BCUT2D eigenvalue weighted by molar-refractivity contribution is 0.662. The Bertz CT molecular complexity index is 3440. The van der Waals surface area contributed by atoms with Gasteiger partial charge in [0.25, 0.3) is 0 Å². The molecule has 268 valence electrons. The summed E-state index contributed by atoms with van der Waals surface area (Å²) in [5.74, 6) is 1.38. The summed E-state index contributed by atoms with van der Waals surface area (Å²) in [5.41, 5.74) is 11.9. The average molecular weight is 733 g/mol. The van der Waals surface area contributed by atoms with E-state index in [1.54, 1.807) is 0 Å². The van der Waals surface area contributed by atoms with E-state index in [0.29, 0.717) is 5.84 Å². The van der Waals surface area contributed by atoms with Crippen molar-refractivity contribution in [1.29, 1.82) is 0 Å². The number of aliphatic imine (C=N–C) groups is 2. The maximum atomic E-state index is 6.65. The van der Waals surface area contributed by atoms with Gasteiger partial charge in [0.1, 0.15) is 34.3 Å². The van der Waals surface area contributed by atoms with Gasteiger partial charge in [0.05, 0.1) is 11.0 Å². The lowest BCUT2D eigenvalue weighted by Crippen LogP contribution is -2.33. The monoisotopic (exact) mass is 732 g/mol. The molecule has 1 aliphatic rings. The molecule has 1 N–H and O–H groups in total. The van der Waals surface area contributed by atoms with E-state index in [4.69, 9.17) is 18.8 Å². The van der Waals surface area contributed by atoms with Crippen LogP contribution in [-0.2, 0) is 0 Å². The summed E-state index contributed by atoms with van der Waals surface area (Å²) < 4.78 is 15.3. The zero-order chi connectivity index (χ0) is 37.5. The fourth-order valence-electron chi connectivity index (χ4n) is 8.79. The standard InChI is InChI=1S/C51H32N4O2/c1-3-14-31(15-4-1)49-52-50(37-21-12-25-43-46(37)36-19-8-10-24-42(36)56-43)54-51(53-49)38-22-13-27-45-48(38)47-34(20-11-26-44(47)57-45)32-28-29-41-39(30-32)35-18-7-9-23-40(35)55(41)33-16-5-2-6-17-33/h1-30,50H,(H,52,53,54). The van der Waals surface area contributed by atoms with Crippen molar-refractivity contribution in [3.8, 4) is 16.8 Å². The maximum absolute atomic E-state index is 6.65. The zero-order valence-corrected chi connectivity index (χ0v) is 30.6. The highest BCUT2D eigenvalue weighted by atomic mass is 16.3. The second kappa shape index (κ2) is 12.4. The molecule has 8 aromatic carbocycles. The van der Waals surface area contributed by atoms with E-state index in [1.807, 2.05) is 54.6 Å². The summed E-state index contributed by atoms with van der Waals surface area (Å²) in [6.45, 7) is 0. The third-order valence-electron chi connectivity index (χ3n) is 11.3. The van der Waals surface area contributed by atoms with Gasteiger partial charge in [-0.2, -0.15) is 0 Å². The number of furan rings is 2. The van der Waals surface area contributed by atoms with E-state index in [0.717, 1.165) is 88.7 Å². The topological polar surface area (TPSA) is 68.0 Å². The zero-order valence-electron chi connectivity index (χ0n) is 30.6. The summed E-state index contributed by atoms with van der Waals surface area (Å²) >= 11 is 0. The van der Waals surface area contributed by atoms with Crippen LogP contribution in [0.15, 0.2) is 201 Å². The van der Waals surface area contributed by atoms with Gasteiger partial charge in [-0.05, 0) is 65.7 Å². The van der Waals surface area contributed by atoms with Gasteiger partial charge in [-0.1, -0.05) is 127 Å². The molecule has 6 nitrogen and oxygen atoms in total. The van der Waals surface area contributed by atoms with Crippen molar-refractivity contribution < 1.29 is 8.83 Å². The predicted octanol–water partition coefficient (Wildman–Crippen LogP) is 12.7. The third-order valence-corrected chi connectivity index (χ3v) is 11.3. The molecule has 0 aliphatic carbocycles. The Hall–Kier alpha value is -7.70. The molecule has 4 heterocycles. The lowest BCUT2D eigenvalue weighted by Gasteiger charge is -2.24. The highest BCUT2D eigenvalue weighted by Gasteiger charge is 2.27. The van der Waals surface area contributed by atoms with Crippen molar-refractivity contribution in [2.24, 2.45) is 9.98 Å². The number of amidine groups is 2. The molecule has 0 bridgehead atoms. The first-order valence-corrected chi connectivity index (χ1v) is 19.2. The van der Waals surface area contributed by atoms with E-state index in [9.17, 15) is 0 Å². The smallest absolute Gasteiger partial charge is 0.159 e. The second-order valence-electron chi connectivity index (χ2n) is 14.5. The average Bonchev–Trinajstić information content (AvgIpc) is 3.96. The molecule has 0 radical (unpaired) electrons. The molecular weight excluding hydrogens is 701 g/mol. The molecular formula is C51H32N4O2. The Labute approximate surface area is 326 Å². The normalized spacial score (nSPS) is 14.5. The van der Waals surface area contributed by atoms with E-state index < -0.39 is 6.17 Å². The van der Waals surface area contributed by atoms with Gasteiger partial charge in [-0.3, -0.25) is 0 Å². The molecule has 3 aromatic heterocycles. The molecule has 0 spiro atoms. The van der Waals surface area contributed by atoms with Crippen LogP contribution >= 0.6 is 0 Å². The van der Waals surface area contributed by atoms with Crippen molar-refractivity contribution in [3.63, 3.8) is 0 Å². The van der Waals surface area contributed by atoms with Crippen LogP contribution in [0.3, 0.4) is 0 Å². The van der Waals surface area contributed by atoms with Gasteiger partial charge in [0, 0.05) is 54.7 Å². The number of benzene rings is 8. The summed E-state index contributed by atoms with van der Waals surface area (Å²) in [6, 6.07) is 63.2. The Morgan fingerprint density at radius 2 is 1.07 bits per heavy atom. The number of hydrogen-bond acceptors (Lipinski definition) is 5. The summed E-state index contributed by atoms with van der Waals surface area (Å²) in [5, 5.41) is 10.3. The SMILES string of the molecule is c1ccc(C2=NC(c3cccc4oc5ccccc5c34)NC(c3cccc4oc5cccc(-c6ccc7c(c6)c6ccccc6n7-c6ccccc6)c5c34)=N2)cc1. The quantitative estimate of drug-likeness (QED) is 0.192. The van der Waals surface area contributed by atoms with Crippen LogP contribution < -0.4 is 5.32 Å². The number of fused-ring (bicyclic) bond motifs is 9. The molecule has 1 atom stereocenters. The van der Waals surface area contributed by atoms with Gasteiger partial charge in [-0.15, -0.1) is 0 Å². The third kappa shape index (κ3) is 4.90. The van der Waals surface area contributed by atoms with Crippen LogP contribution in [0.2, 0.25) is 0 Å². The minimum absolute atomic E-state index is 0.436. The number of hydrogen-bond donors (Lipinski definition) is 1. The van der Waals surface area contributed by atoms with Crippen LogP contribution in [0, 0.1) is 0 Å². The fraction of sp³-hybridized carbons (Fsp3) is 0.0196. The van der Waals surface area contributed by atoms with Crippen molar-refractivity contribution in [2.75, 3.05) is 0 Å². The predicted molar refractivity (Wildman–Crippen MR) is 233 cm³/mol. The Kier molecular flexibility index (Phi) is 6.89. The van der Waals surface area contributed by atoms with Crippen LogP contribution in [0.5, 0.6) is 0 Å². The molecule has 1 unspecified atom stereocenters. The first-order valence-electron chi connectivity index (χ1n) is 19.2. The Morgan fingerprint density at radius 3 is 1.89 bits per heavy atom. The van der Waals surface area contributed by atoms with Crippen molar-refractivity contribution in [2.45, 2.75) is 6.17 Å². The van der Waals surface area contributed by atoms with Gasteiger partial charge in [0.15, 0.2) is 5.84 Å². The molecule has 0 saturated heterocycles. The minimum atomic E-state index is -0.436. The minimum Gasteiger partial charge on any atom is -0.456 e. The molecule has 6 heteroatoms. The van der Waals surface area contributed by atoms with Crippen molar-refractivity contribution >= 4 is 77.4 Å². The highest BCUT2D eigenvalue weighted by Crippen LogP contribution is 2.42. The summed E-state index contributed by atoms with van der Waals surface area (Å²) in [4.78, 5) is 10.5. The van der Waals surface area contributed by atoms with Gasteiger partial charge < -0.3 is 18.7 Å². The van der Waals surface area contributed by atoms with Gasteiger partial charge in [-0.25, -0.2) is 9.98 Å². The van der Waals surface area contributed by atoms with Gasteiger partial charge >= 0.3 is 0 Å². The number of nitrogens with one attached hydrogen (secondary N) is 1. The molecule has 0 amide bonds. The van der Waals surface area contributed by atoms with Crippen LogP contribution in [0.4, 0.5) is 0 Å². The van der Waals surface area contributed by atoms with Crippen molar-refractivity contribution in [3.05, 3.63) is 199 Å². The molecule has 12 rings (SSSR count). The van der Waals surface area contributed by atoms with E-state index in [1.165, 1.54) is 16.3 Å². The molecule has 0 saturated carbocycles. The van der Waals surface area contributed by atoms with Crippen LogP contribution in [-0.4, -0.2) is 16.2 Å². The maximum Gasteiger partial charge on any atom is 0.159 e. The lowest BCUT2D eigenvalue weighted by atomic mass is 9.95. The first kappa shape index (κ1) is 31.6. The molecule has 11 aromatic rings. The highest BCUT2D eigenvalue weighted by molar-refractivity contribution is 6.24. The number of para-hydroxylation sites is 3. The largest absolute Gasteiger partial charge is 0.456 e. The van der Waals surface area contributed by atoms with Crippen LogP contribution in [0.1, 0.15) is 22.9 Å². The molecule has 1 aliphatic heterocycles. The first-order chi connectivity index (χ1) is 28.3. The summed E-state index contributed by atoms with van der Waals surface area (Å²) in [7, 11) is 0. The Morgan fingerprint density at radius 1 is 0.456 bits per heavy atom. The fourth-order valence-corrected chi connectivity index (χ4v) is 8.79.